The maximum Gasteiger partial charge on any atom is 0.336 e. The molecule has 0 fully saturated rings. The number of aryl methyl sites for hydroxylation is 4. The van der Waals surface area contributed by atoms with E-state index in [0.29, 0.717) is 84.5 Å². The Morgan fingerprint density at radius 1 is 0.591 bits per heavy atom. The second kappa shape index (κ2) is 20.4. The number of amides is 2. The number of esters is 2. The molecule has 0 bridgehead atoms. The molecule has 2 amide bonds. The Bertz CT molecular complexity index is 2370. The largest absolute Gasteiger partial charge is 0.477 e. The van der Waals surface area contributed by atoms with E-state index < -0.39 is 23.1 Å². The number of benzene rings is 2. The van der Waals surface area contributed by atoms with Gasteiger partial charge in [-0.05, 0) is 189 Å². The highest BCUT2D eigenvalue weighted by atomic mass is 16.5. The van der Waals surface area contributed by atoms with Crippen molar-refractivity contribution >= 4 is 35.4 Å². The van der Waals surface area contributed by atoms with Crippen LogP contribution in [0, 0.1) is 55.4 Å². The Hall–Kier alpha value is -6.44. The van der Waals surface area contributed by atoms with Gasteiger partial charge in [0.2, 0.25) is 0 Å². The molecule has 4 heterocycles. The lowest BCUT2D eigenvalue weighted by atomic mass is 9.86. The molecule has 14 nitrogen and oxygen atoms in total. The molecule has 2 unspecified atom stereocenters. The molecule has 66 heavy (non-hydrogen) atoms. The fourth-order valence-electron chi connectivity index (χ4n) is 8.93. The number of anilines is 2. The van der Waals surface area contributed by atoms with Crippen LogP contribution >= 0.6 is 0 Å². The van der Waals surface area contributed by atoms with Gasteiger partial charge in [-0.3, -0.25) is 9.59 Å². The van der Waals surface area contributed by atoms with Crippen molar-refractivity contribution in [1.82, 2.24) is 20.6 Å². The number of fused-ring (bicyclic) bond motifs is 2. The predicted molar refractivity (Wildman–Crippen MR) is 255 cm³/mol. The van der Waals surface area contributed by atoms with E-state index in [1.807, 2.05) is 79.7 Å². The number of nitrogens with zero attached hydrogens (tertiary/aromatic N) is 2. The summed E-state index contributed by atoms with van der Waals surface area (Å²) in [5.41, 5.74) is 19.8. The summed E-state index contributed by atoms with van der Waals surface area (Å²) in [5.74, 6) is 1.19. The summed E-state index contributed by atoms with van der Waals surface area (Å²) in [7, 11) is 0. The van der Waals surface area contributed by atoms with Gasteiger partial charge in [0.15, 0.2) is 11.2 Å². The number of carbonyl (C=O) groups is 4. The van der Waals surface area contributed by atoms with Crippen molar-refractivity contribution in [1.29, 1.82) is 0 Å². The highest BCUT2D eigenvalue weighted by Crippen LogP contribution is 2.45. The van der Waals surface area contributed by atoms with Crippen molar-refractivity contribution < 1.29 is 38.1 Å². The summed E-state index contributed by atoms with van der Waals surface area (Å²) in [6.45, 7) is 19.8. The maximum absolute atomic E-state index is 13.4. The molecule has 0 spiro atoms. The van der Waals surface area contributed by atoms with Crippen LogP contribution in [0.1, 0.15) is 119 Å². The number of nitrogens with one attached hydrogen (secondary N) is 2. The first kappa shape index (κ1) is 49.0. The lowest BCUT2D eigenvalue weighted by Crippen LogP contribution is -2.51. The second-order valence-electron chi connectivity index (χ2n) is 18.4. The number of nitrogen functional groups attached to an aromatic ring is 2. The Morgan fingerprint density at radius 2 is 0.970 bits per heavy atom. The molecule has 6 N–H and O–H groups in total. The van der Waals surface area contributed by atoms with Crippen molar-refractivity contribution in [2.45, 2.75) is 145 Å². The van der Waals surface area contributed by atoms with Crippen molar-refractivity contribution in [2.24, 2.45) is 0 Å². The molecular formula is C52H66N6O8. The number of hydrogen-bond donors (Lipinski definition) is 4. The Kier molecular flexibility index (Phi) is 15.1. The van der Waals surface area contributed by atoms with Crippen LogP contribution in [0.15, 0.2) is 36.4 Å². The topological polar surface area (TPSA) is 207 Å². The van der Waals surface area contributed by atoms with Gasteiger partial charge in [0.1, 0.15) is 34.6 Å². The zero-order chi connectivity index (χ0) is 48.1. The first-order valence-corrected chi connectivity index (χ1v) is 23.0. The third-order valence-corrected chi connectivity index (χ3v) is 13.1. The van der Waals surface area contributed by atoms with E-state index in [1.54, 1.807) is 13.8 Å². The zero-order valence-corrected chi connectivity index (χ0v) is 40.3. The normalized spacial score (nSPS) is 17.5. The van der Waals surface area contributed by atoms with E-state index >= 15 is 0 Å². The van der Waals surface area contributed by atoms with Gasteiger partial charge in [-0.1, -0.05) is 0 Å². The maximum atomic E-state index is 13.4. The van der Waals surface area contributed by atoms with E-state index in [0.717, 1.165) is 107 Å². The molecular weight excluding hydrogens is 837 g/mol. The SMILES string of the molecule is Cc1cc(N)nc(CCCCNC(=O)C2(C)CCc3c(C)c(OC(=O)/C=C/C(=O)Oc4c(C)c(C)c5c(c4C)CCC(C)(C(=O)NCCCCc4cc(C)cc(N)n4)O5)c(C)c(C)c3O2)c1. The van der Waals surface area contributed by atoms with E-state index in [1.165, 1.54) is 0 Å². The summed E-state index contributed by atoms with van der Waals surface area (Å²) in [5, 5.41) is 6.11. The number of nitrogens with two attached hydrogens (primary N) is 2. The predicted octanol–water partition coefficient (Wildman–Crippen LogP) is 7.62. The number of rotatable bonds is 16. The molecule has 2 aromatic carbocycles. The van der Waals surface area contributed by atoms with Crippen LogP contribution < -0.4 is 41.0 Å². The summed E-state index contributed by atoms with van der Waals surface area (Å²) < 4.78 is 24.6. The molecule has 0 saturated carbocycles. The monoisotopic (exact) mass is 902 g/mol. The molecule has 0 saturated heterocycles. The Labute approximate surface area is 388 Å². The number of pyridine rings is 2. The fourth-order valence-corrected chi connectivity index (χ4v) is 8.93. The van der Waals surface area contributed by atoms with Crippen LogP contribution in [-0.2, 0) is 44.9 Å². The lowest BCUT2D eigenvalue weighted by molar-refractivity contribution is -0.137. The van der Waals surface area contributed by atoms with Gasteiger partial charge >= 0.3 is 11.9 Å². The van der Waals surface area contributed by atoms with Crippen LogP contribution in [0.5, 0.6) is 23.0 Å². The van der Waals surface area contributed by atoms with Crippen LogP contribution in [0.3, 0.4) is 0 Å². The van der Waals surface area contributed by atoms with Gasteiger partial charge in [0.25, 0.3) is 11.8 Å². The lowest BCUT2D eigenvalue weighted by Gasteiger charge is -2.37. The van der Waals surface area contributed by atoms with Crippen LogP contribution in [0.4, 0.5) is 11.6 Å². The van der Waals surface area contributed by atoms with Crippen LogP contribution in [0.2, 0.25) is 0 Å². The van der Waals surface area contributed by atoms with Crippen molar-refractivity contribution in [3.8, 4) is 23.0 Å². The van der Waals surface area contributed by atoms with E-state index in [2.05, 4.69) is 20.6 Å². The summed E-state index contributed by atoms with van der Waals surface area (Å²) in [6, 6.07) is 7.74. The Balaban J connectivity index is 1.02. The molecule has 14 heteroatoms. The second-order valence-corrected chi connectivity index (χ2v) is 18.4. The third kappa shape index (κ3) is 11.1. The number of aromatic nitrogens is 2. The standard InChI is InChI=1S/C52H66N6O8/c1-29-25-37(57-41(53)27-29)15-11-13-23-55-49(61)51(9)21-19-39-35(7)45(31(3)33(5)47(39)65-51)63-43(59)17-18-44(60)64-46-32(4)34(6)48-40(36(46)8)20-22-52(10,66-48)50(62)56-24-14-12-16-38-26-30(2)28-42(54)58-38/h17-18,25-28H,11-16,19-24H2,1-10H3,(H2,53,57)(H2,54,58)(H,55,61)(H,56,62)/b18-17+. The average Bonchev–Trinajstić information content (AvgIpc) is 3.26. The van der Waals surface area contributed by atoms with Gasteiger partial charge < -0.3 is 41.0 Å². The number of carbonyl (C=O) groups excluding carboxylic acids is 4. The van der Waals surface area contributed by atoms with E-state index in [9.17, 15) is 19.2 Å². The summed E-state index contributed by atoms with van der Waals surface area (Å²) in [4.78, 5) is 62.1. The number of unbranched alkanes of at least 4 members (excludes halogenated alkanes) is 2. The molecule has 2 atom stereocenters. The zero-order valence-electron chi connectivity index (χ0n) is 40.3. The molecule has 2 aromatic heterocycles. The van der Waals surface area contributed by atoms with Crippen molar-refractivity contribution in [3.63, 3.8) is 0 Å². The third-order valence-electron chi connectivity index (χ3n) is 13.1. The smallest absolute Gasteiger partial charge is 0.336 e. The summed E-state index contributed by atoms with van der Waals surface area (Å²) >= 11 is 0. The minimum Gasteiger partial charge on any atom is -0.477 e. The van der Waals surface area contributed by atoms with Gasteiger partial charge in [0, 0.05) is 60.6 Å². The van der Waals surface area contributed by atoms with E-state index in [4.69, 9.17) is 30.4 Å². The van der Waals surface area contributed by atoms with Gasteiger partial charge in [-0.2, -0.15) is 0 Å². The minimum atomic E-state index is -1.07. The van der Waals surface area contributed by atoms with E-state index in [-0.39, 0.29) is 11.8 Å². The van der Waals surface area contributed by atoms with Crippen molar-refractivity contribution in [2.75, 3.05) is 24.6 Å². The first-order valence-electron chi connectivity index (χ1n) is 23.0. The molecule has 2 aliphatic rings. The van der Waals surface area contributed by atoms with Gasteiger partial charge in [-0.25, -0.2) is 19.6 Å². The van der Waals surface area contributed by atoms with Crippen LogP contribution in [0.25, 0.3) is 0 Å². The fraction of sp³-hybridized carbons (Fsp3) is 0.462. The first-order chi connectivity index (χ1) is 31.2. The minimum absolute atomic E-state index is 0.178. The van der Waals surface area contributed by atoms with Crippen LogP contribution in [-0.4, -0.2) is 58.0 Å². The summed E-state index contributed by atoms with van der Waals surface area (Å²) in [6.07, 6.45) is 8.89. The molecule has 0 aliphatic carbocycles. The highest BCUT2D eigenvalue weighted by Gasteiger charge is 2.42. The molecule has 4 aromatic rings. The number of ether oxygens (including phenoxy) is 4. The number of hydrogen-bond acceptors (Lipinski definition) is 12. The molecule has 6 rings (SSSR count). The van der Waals surface area contributed by atoms with Gasteiger partial charge in [0.05, 0.1) is 0 Å². The average molecular weight is 903 g/mol. The highest BCUT2D eigenvalue weighted by molar-refractivity contribution is 5.94. The quantitative estimate of drug-likeness (QED) is 0.0371. The van der Waals surface area contributed by atoms with Gasteiger partial charge in [-0.15, -0.1) is 0 Å². The van der Waals surface area contributed by atoms with Crippen molar-refractivity contribution in [3.05, 3.63) is 103 Å². The molecule has 352 valence electrons. The molecule has 0 radical (unpaired) electrons. The molecule has 2 aliphatic heterocycles. The Morgan fingerprint density at radius 3 is 1.33 bits per heavy atom.